The molecule has 0 aliphatic carbocycles. The molecule has 1 fully saturated rings. The molecule has 6 rings (SSSR count). The Bertz CT molecular complexity index is 1660. The van der Waals surface area contributed by atoms with Crippen LogP contribution in [-0.4, -0.2) is 38.9 Å². The number of hydrogen-bond donors (Lipinski definition) is 1. The Morgan fingerprint density at radius 3 is 2.58 bits per heavy atom. The summed E-state index contributed by atoms with van der Waals surface area (Å²) in [6.07, 6.45) is 3.62. The van der Waals surface area contributed by atoms with Crippen molar-refractivity contribution in [3.63, 3.8) is 0 Å². The van der Waals surface area contributed by atoms with Crippen molar-refractivity contribution < 1.29 is 4.39 Å². The number of nitrogens with zero attached hydrogens (tertiary/aromatic N) is 6. The molecule has 0 amide bonds. The van der Waals surface area contributed by atoms with E-state index in [1.807, 2.05) is 36.1 Å². The Hall–Kier alpha value is -4.35. The number of hydrogen-bond acceptors (Lipinski definition) is 5. The number of piperidine rings is 1. The monoisotopic (exact) mass is 477 g/mol. The first-order valence-electron chi connectivity index (χ1n) is 11.9. The third kappa shape index (κ3) is 3.74. The Balaban J connectivity index is 1.56. The lowest BCUT2D eigenvalue weighted by Gasteiger charge is -2.30. The minimum absolute atomic E-state index is 0.00806. The van der Waals surface area contributed by atoms with Crippen molar-refractivity contribution >= 4 is 33.4 Å². The Kier molecular flexibility index (Phi) is 5.35. The van der Waals surface area contributed by atoms with E-state index in [0.717, 1.165) is 58.9 Å². The van der Waals surface area contributed by atoms with Gasteiger partial charge in [-0.1, -0.05) is 30.3 Å². The number of anilines is 1. The average molecular weight is 478 g/mol. The van der Waals surface area contributed by atoms with Gasteiger partial charge in [0.25, 0.3) is 0 Å². The van der Waals surface area contributed by atoms with Gasteiger partial charge in [-0.05, 0) is 48.2 Å². The standard InChI is InChI=1S/C28H24FN7/c1-31-25-9-7-18(15-23(25)29)27-21-14-17(20-4-3-5-26-22(20)16-32-35(26)2)6-8-24(21)33-28(34-27)36-12-10-19(30)11-13-36/h3-9,14-16,19H,10-13,30H2,2H3. The van der Waals surface area contributed by atoms with Crippen molar-refractivity contribution in [1.82, 2.24) is 19.7 Å². The molecule has 0 saturated carbocycles. The topological polar surface area (TPSA) is 77.2 Å². The van der Waals surface area contributed by atoms with Crippen LogP contribution in [0.25, 0.3) is 49.0 Å². The summed E-state index contributed by atoms with van der Waals surface area (Å²) in [5.74, 6) is 0.0530. The second-order valence-corrected chi connectivity index (χ2v) is 9.21. The van der Waals surface area contributed by atoms with E-state index in [9.17, 15) is 4.39 Å². The first kappa shape index (κ1) is 22.1. The minimum Gasteiger partial charge on any atom is -0.341 e. The van der Waals surface area contributed by atoms with Crippen molar-refractivity contribution in [1.29, 1.82) is 0 Å². The van der Waals surface area contributed by atoms with Gasteiger partial charge in [-0.15, -0.1) is 0 Å². The quantitative estimate of drug-likeness (QED) is 0.349. The summed E-state index contributed by atoms with van der Waals surface area (Å²) in [5.41, 5.74) is 11.2. The minimum atomic E-state index is -0.559. The Labute approximate surface area is 207 Å². The van der Waals surface area contributed by atoms with Crippen LogP contribution in [0.3, 0.4) is 0 Å². The second kappa shape index (κ2) is 8.70. The van der Waals surface area contributed by atoms with Crippen LogP contribution in [0.1, 0.15) is 12.8 Å². The number of fused-ring (bicyclic) bond motifs is 2. The maximum Gasteiger partial charge on any atom is 0.226 e. The lowest BCUT2D eigenvalue weighted by molar-refractivity contribution is 0.496. The molecule has 0 bridgehead atoms. The molecule has 2 aromatic heterocycles. The maximum atomic E-state index is 14.7. The molecule has 0 unspecified atom stereocenters. The van der Waals surface area contributed by atoms with Gasteiger partial charge in [-0.2, -0.15) is 5.10 Å². The summed E-state index contributed by atoms with van der Waals surface area (Å²) < 4.78 is 16.5. The summed E-state index contributed by atoms with van der Waals surface area (Å²) in [5, 5.41) is 6.29. The van der Waals surface area contributed by atoms with E-state index in [0.29, 0.717) is 17.2 Å². The fraction of sp³-hybridized carbons (Fsp3) is 0.214. The number of nitrogens with two attached hydrogens (primary N) is 1. The van der Waals surface area contributed by atoms with Gasteiger partial charge in [0.2, 0.25) is 11.6 Å². The highest BCUT2D eigenvalue weighted by molar-refractivity contribution is 6.00. The summed E-state index contributed by atoms with van der Waals surface area (Å²) in [7, 11) is 1.93. The molecule has 2 N–H and O–H groups in total. The van der Waals surface area contributed by atoms with E-state index >= 15 is 0 Å². The molecule has 7 nitrogen and oxygen atoms in total. The van der Waals surface area contributed by atoms with Crippen molar-refractivity contribution in [3.8, 4) is 22.4 Å². The molecular formula is C28H24FN7. The van der Waals surface area contributed by atoms with E-state index in [2.05, 4.69) is 33.0 Å². The molecule has 3 heterocycles. The normalized spacial score (nSPS) is 14.4. The average Bonchev–Trinajstić information content (AvgIpc) is 3.29. The number of rotatable bonds is 3. The zero-order chi connectivity index (χ0) is 24.8. The van der Waals surface area contributed by atoms with Gasteiger partial charge < -0.3 is 10.6 Å². The molecule has 1 saturated heterocycles. The predicted octanol–water partition coefficient (Wildman–Crippen LogP) is 5.47. The molecular weight excluding hydrogens is 453 g/mol. The lowest BCUT2D eigenvalue weighted by atomic mass is 9.98. The number of aromatic nitrogens is 4. The van der Waals surface area contributed by atoms with Crippen LogP contribution in [0.2, 0.25) is 0 Å². The van der Waals surface area contributed by atoms with Crippen molar-refractivity contribution in [3.05, 3.63) is 78.0 Å². The summed E-state index contributed by atoms with van der Waals surface area (Å²) in [6.45, 7) is 8.75. The number of benzene rings is 3. The zero-order valence-corrected chi connectivity index (χ0v) is 19.8. The molecule has 1 aliphatic heterocycles. The summed E-state index contributed by atoms with van der Waals surface area (Å²) in [6, 6.07) is 17.1. The van der Waals surface area contributed by atoms with Crippen LogP contribution in [0, 0.1) is 12.4 Å². The molecule has 5 aromatic rings. The van der Waals surface area contributed by atoms with E-state index in [4.69, 9.17) is 22.3 Å². The van der Waals surface area contributed by atoms with E-state index in [-0.39, 0.29) is 11.7 Å². The van der Waals surface area contributed by atoms with Crippen LogP contribution in [0.4, 0.5) is 16.0 Å². The highest BCUT2D eigenvalue weighted by atomic mass is 19.1. The molecule has 3 aromatic carbocycles. The van der Waals surface area contributed by atoms with Gasteiger partial charge in [-0.25, -0.2) is 19.2 Å². The van der Waals surface area contributed by atoms with Crippen molar-refractivity contribution in [2.75, 3.05) is 18.0 Å². The van der Waals surface area contributed by atoms with Crippen LogP contribution in [-0.2, 0) is 7.05 Å². The number of aryl methyl sites for hydroxylation is 1. The molecule has 178 valence electrons. The molecule has 8 heteroatoms. The van der Waals surface area contributed by atoms with Gasteiger partial charge >= 0.3 is 0 Å². The third-order valence-electron chi connectivity index (χ3n) is 6.95. The maximum absolute atomic E-state index is 14.7. The summed E-state index contributed by atoms with van der Waals surface area (Å²) in [4.78, 5) is 15.2. The van der Waals surface area contributed by atoms with E-state index in [1.165, 1.54) is 12.1 Å². The third-order valence-corrected chi connectivity index (χ3v) is 6.95. The first-order valence-corrected chi connectivity index (χ1v) is 11.9. The van der Waals surface area contributed by atoms with Crippen molar-refractivity contribution in [2.24, 2.45) is 12.8 Å². The number of halogens is 1. The van der Waals surface area contributed by atoms with Crippen LogP contribution in [0.15, 0.2) is 60.8 Å². The van der Waals surface area contributed by atoms with Crippen LogP contribution in [0.5, 0.6) is 0 Å². The smallest absolute Gasteiger partial charge is 0.226 e. The van der Waals surface area contributed by atoms with Gasteiger partial charge in [0.1, 0.15) is 5.82 Å². The Morgan fingerprint density at radius 2 is 1.81 bits per heavy atom. The fourth-order valence-electron chi connectivity index (χ4n) is 4.92. The lowest BCUT2D eigenvalue weighted by Crippen LogP contribution is -2.40. The van der Waals surface area contributed by atoms with E-state index in [1.54, 1.807) is 6.07 Å². The van der Waals surface area contributed by atoms with Gasteiger partial charge in [-0.3, -0.25) is 4.68 Å². The first-order chi connectivity index (χ1) is 17.5. The predicted molar refractivity (Wildman–Crippen MR) is 140 cm³/mol. The molecule has 1 aliphatic rings. The zero-order valence-electron chi connectivity index (χ0n) is 19.8. The van der Waals surface area contributed by atoms with Crippen LogP contribution < -0.4 is 10.6 Å². The molecule has 0 atom stereocenters. The second-order valence-electron chi connectivity index (χ2n) is 9.21. The summed E-state index contributed by atoms with van der Waals surface area (Å²) >= 11 is 0. The van der Waals surface area contributed by atoms with E-state index < -0.39 is 5.82 Å². The van der Waals surface area contributed by atoms with Crippen LogP contribution >= 0.6 is 0 Å². The highest BCUT2D eigenvalue weighted by Crippen LogP contribution is 2.36. The van der Waals surface area contributed by atoms with Gasteiger partial charge in [0.15, 0.2) is 0 Å². The SMILES string of the molecule is [C-]#[N+]c1ccc(-c2nc(N3CCC(N)CC3)nc3ccc(-c4cccc5c4cnn5C)cc23)cc1F. The fourth-order valence-corrected chi connectivity index (χ4v) is 4.92. The molecule has 0 spiro atoms. The largest absolute Gasteiger partial charge is 0.341 e. The van der Waals surface area contributed by atoms with Crippen molar-refractivity contribution in [2.45, 2.75) is 18.9 Å². The van der Waals surface area contributed by atoms with Gasteiger partial charge in [0.05, 0.1) is 29.5 Å². The highest BCUT2D eigenvalue weighted by Gasteiger charge is 2.21. The molecule has 0 radical (unpaired) electrons. The van der Waals surface area contributed by atoms with Gasteiger partial charge in [0, 0.05) is 42.5 Å². The Morgan fingerprint density at radius 1 is 1.00 bits per heavy atom. The molecule has 36 heavy (non-hydrogen) atoms.